The molecular formula is C16H15F2NO. The number of rotatable bonds is 5. The molecule has 0 saturated heterocycles. The van der Waals surface area contributed by atoms with Gasteiger partial charge in [-0.1, -0.05) is 18.2 Å². The van der Waals surface area contributed by atoms with Crippen LogP contribution in [0, 0.1) is 11.6 Å². The van der Waals surface area contributed by atoms with Crippen LogP contribution in [0.15, 0.2) is 48.5 Å². The van der Waals surface area contributed by atoms with Gasteiger partial charge in [0, 0.05) is 17.7 Å². The first kappa shape index (κ1) is 14.3. The van der Waals surface area contributed by atoms with Crippen LogP contribution in [0.3, 0.4) is 0 Å². The van der Waals surface area contributed by atoms with Gasteiger partial charge in [-0.25, -0.2) is 8.78 Å². The highest BCUT2D eigenvalue weighted by molar-refractivity contribution is 5.99. The molecule has 0 bridgehead atoms. The molecule has 0 heterocycles. The monoisotopic (exact) mass is 275 g/mol. The second kappa shape index (κ2) is 6.39. The summed E-state index contributed by atoms with van der Waals surface area (Å²) >= 11 is 0. The Labute approximate surface area is 116 Å². The van der Waals surface area contributed by atoms with Crippen molar-refractivity contribution in [1.29, 1.82) is 0 Å². The minimum Gasteiger partial charge on any atom is -0.303 e. The Hall–Kier alpha value is -2.07. The Morgan fingerprint density at radius 1 is 1.10 bits per heavy atom. The highest BCUT2D eigenvalue weighted by Crippen LogP contribution is 2.09. The fourth-order valence-corrected chi connectivity index (χ4v) is 1.86. The van der Waals surface area contributed by atoms with Crippen LogP contribution in [-0.2, 0) is 6.54 Å². The smallest absolute Gasteiger partial charge is 0.179 e. The van der Waals surface area contributed by atoms with Crippen molar-refractivity contribution in [2.45, 2.75) is 19.5 Å². The summed E-state index contributed by atoms with van der Waals surface area (Å²) in [7, 11) is 0. The highest BCUT2D eigenvalue weighted by atomic mass is 19.1. The molecule has 0 fully saturated rings. The molecule has 0 aliphatic carbocycles. The lowest BCUT2D eigenvalue weighted by atomic mass is 10.1. The second-order valence-electron chi connectivity index (χ2n) is 4.57. The molecule has 1 N–H and O–H groups in total. The largest absolute Gasteiger partial charge is 0.303 e. The predicted molar refractivity (Wildman–Crippen MR) is 73.4 cm³/mol. The van der Waals surface area contributed by atoms with Gasteiger partial charge in [-0.2, -0.15) is 0 Å². The molecule has 20 heavy (non-hydrogen) atoms. The molecular weight excluding hydrogens is 260 g/mol. The second-order valence-corrected chi connectivity index (χ2v) is 4.57. The van der Waals surface area contributed by atoms with E-state index in [1.165, 1.54) is 30.3 Å². The molecule has 2 aromatic carbocycles. The van der Waals surface area contributed by atoms with Crippen molar-refractivity contribution in [3.63, 3.8) is 0 Å². The molecule has 1 unspecified atom stereocenters. The van der Waals surface area contributed by atoms with Crippen LogP contribution in [0.1, 0.15) is 22.8 Å². The fourth-order valence-electron chi connectivity index (χ4n) is 1.86. The van der Waals surface area contributed by atoms with Gasteiger partial charge in [-0.05, 0) is 37.3 Å². The lowest BCUT2D eigenvalue weighted by Gasteiger charge is -2.13. The van der Waals surface area contributed by atoms with Crippen LogP contribution in [0.4, 0.5) is 8.78 Å². The summed E-state index contributed by atoms with van der Waals surface area (Å²) in [4.78, 5) is 12.1. The van der Waals surface area contributed by atoms with Crippen molar-refractivity contribution in [2.75, 3.05) is 0 Å². The Balaban J connectivity index is 1.98. The average Bonchev–Trinajstić information content (AvgIpc) is 2.46. The van der Waals surface area contributed by atoms with E-state index in [1.807, 2.05) is 0 Å². The molecule has 1 atom stereocenters. The molecule has 2 rings (SSSR count). The van der Waals surface area contributed by atoms with Crippen LogP contribution >= 0.6 is 0 Å². The third-order valence-electron chi connectivity index (χ3n) is 3.08. The SMILES string of the molecule is CC(NCc1ccccc1F)C(=O)c1ccc(F)cc1. The van der Waals surface area contributed by atoms with Crippen LogP contribution in [-0.4, -0.2) is 11.8 Å². The number of benzene rings is 2. The first-order chi connectivity index (χ1) is 9.58. The van der Waals surface area contributed by atoms with Crippen LogP contribution in [0.25, 0.3) is 0 Å². The summed E-state index contributed by atoms with van der Waals surface area (Å²) in [6.45, 7) is 1.97. The molecule has 0 aromatic heterocycles. The summed E-state index contributed by atoms with van der Waals surface area (Å²) in [5, 5.41) is 2.97. The number of carbonyl (C=O) groups is 1. The summed E-state index contributed by atoms with van der Waals surface area (Å²) < 4.78 is 26.2. The fraction of sp³-hybridized carbons (Fsp3) is 0.188. The number of Topliss-reactive ketones (excluding diaryl/α,β-unsaturated/α-hetero) is 1. The maximum absolute atomic E-state index is 13.4. The van der Waals surface area contributed by atoms with Gasteiger partial charge in [0.15, 0.2) is 5.78 Å². The number of halogens is 2. The Morgan fingerprint density at radius 3 is 2.40 bits per heavy atom. The lowest BCUT2D eigenvalue weighted by Crippen LogP contribution is -2.33. The van der Waals surface area contributed by atoms with E-state index in [1.54, 1.807) is 25.1 Å². The molecule has 0 aliphatic rings. The molecule has 0 spiro atoms. The van der Waals surface area contributed by atoms with Crippen LogP contribution < -0.4 is 5.32 Å². The Bertz CT molecular complexity index is 596. The number of hydrogen-bond acceptors (Lipinski definition) is 2. The van der Waals surface area contributed by atoms with Crippen molar-refractivity contribution in [3.05, 3.63) is 71.3 Å². The minimum atomic E-state index is -0.472. The summed E-state index contributed by atoms with van der Waals surface area (Å²) in [5.74, 6) is -0.837. The summed E-state index contributed by atoms with van der Waals surface area (Å²) in [6, 6.07) is 11.3. The normalized spacial score (nSPS) is 12.2. The van der Waals surface area contributed by atoms with E-state index in [4.69, 9.17) is 0 Å². The maximum atomic E-state index is 13.4. The molecule has 4 heteroatoms. The van der Waals surface area contributed by atoms with Gasteiger partial charge in [0.05, 0.1) is 6.04 Å². The van der Waals surface area contributed by atoms with Gasteiger partial charge in [0.1, 0.15) is 11.6 Å². The maximum Gasteiger partial charge on any atom is 0.179 e. The predicted octanol–water partition coefficient (Wildman–Crippen LogP) is 3.33. The van der Waals surface area contributed by atoms with Gasteiger partial charge >= 0.3 is 0 Å². The highest BCUT2D eigenvalue weighted by Gasteiger charge is 2.15. The van der Waals surface area contributed by atoms with Gasteiger partial charge in [0.2, 0.25) is 0 Å². The standard InChI is InChI=1S/C16H15F2NO/c1-11(16(20)12-6-8-14(17)9-7-12)19-10-13-4-2-3-5-15(13)18/h2-9,11,19H,10H2,1H3. The summed E-state index contributed by atoms with van der Waals surface area (Å²) in [6.07, 6.45) is 0. The third kappa shape index (κ3) is 3.48. The lowest BCUT2D eigenvalue weighted by molar-refractivity contribution is 0.0950. The zero-order chi connectivity index (χ0) is 14.5. The molecule has 0 saturated carbocycles. The van der Waals surface area contributed by atoms with Crippen molar-refractivity contribution in [2.24, 2.45) is 0 Å². The van der Waals surface area contributed by atoms with Crippen LogP contribution in [0.5, 0.6) is 0 Å². The molecule has 104 valence electrons. The molecule has 2 nitrogen and oxygen atoms in total. The first-order valence-electron chi connectivity index (χ1n) is 6.34. The first-order valence-corrected chi connectivity index (χ1v) is 6.34. The van der Waals surface area contributed by atoms with E-state index in [0.29, 0.717) is 11.1 Å². The van der Waals surface area contributed by atoms with Crippen molar-refractivity contribution in [3.8, 4) is 0 Å². The molecule has 0 radical (unpaired) electrons. The quantitative estimate of drug-likeness (QED) is 0.848. The number of ketones is 1. The van der Waals surface area contributed by atoms with Gasteiger partial charge in [-0.15, -0.1) is 0 Å². The molecule has 0 amide bonds. The number of nitrogens with one attached hydrogen (secondary N) is 1. The van der Waals surface area contributed by atoms with Crippen molar-refractivity contribution >= 4 is 5.78 Å². The molecule has 2 aromatic rings. The topological polar surface area (TPSA) is 29.1 Å². The van der Waals surface area contributed by atoms with Crippen molar-refractivity contribution in [1.82, 2.24) is 5.32 Å². The van der Waals surface area contributed by atoms with E-state index in [-0.39, 0.29) is 24.0 Å². The van der Waals surface area contributed by atoms with E-state index < -0.39 is 6.04 Å². The minimum absolute atomic E-state index is 0.152. The number of hydrogen-bond donors (Lipinski definition) is 1. The number of carbonyl (C=O) groups excluding carboxylic acids is 1. The summed E-state index contributed by atoms with van der Waals surface area (Å²) in [5.41, 5.74) is 0.936. The van der Waals surface area contributed by atoms with E-state index in [2.05, 4.69) is 5.32 Å². The van der Waals surface area contributed by atoms with E-state index >= 15 is 0 Å². The average molecular weight is 275 g/mol. The Kier molecular flexibility index (Phi) is 4.58. The molecule has 0 aliphatic heterocycles. The van der Waals surface area contributed by atoms with Crippen LogP contribution in [0.2, 0.25) is 0 Å². The van der Waals surface area contributed by atoms with Crippen molar-refractivity contribution < 1.29 is 13.6 Å². The van der Waals surface area contributed by atoms with E-state index in [0.717, 1.165) is 0 Å². The van der Waals surface area contributed by atoms with Gasteiger partial charge < -0.3 is 5.32 Å². The zero-order valence-corrected chi connectivity index (χ0v) is 11.1. The third-order valence-corrected chi connectivity index (χ3v) is 3.08. The van der Waals surface area contributed by atoms with E-state index in [9.17, 15) is 13.6 Å². The van der Waals surface area contributed by atoms with Gasteiger partial charge in [0.25, 0.3) is 0 Å². The van der Waals surface area contributed by atoms with Gasteiger partial charge in [-0.3, -0.25) is 4.79 Å². The zero-order valence-electron chi connectivity index (χ0n) is 11.1. The Morgan fingerprint density at radius 2 is 1.75 bits per heavy atom.